The highest BCUT2D eigenvalue weighted by Crippen LogP contribution is 2.21. The van der Waals surface area contributed by atoms with Gasteiger partial charge in [-0.25, -0.2) is 0 Å². The molecule has 0 spiro atoms. The predicted octanol–water partition coefficient (Wildman–Crippen LogP) is 13.9. The SMILES string of the molecule is C/C=C(\C)CC.C=Cc1cc(C)ccc1C(C)C.CC.CC.CCCCCCCCCCCCCC. The molecule has 1 rings (SSSR count). The van der Waals surface area contributed by atoms with Gasteiger partial charge in [0.25, 0.3) is 0 Å². The van der Waals surface area contributed by atoms with Crippen molar-refractivity contribution < 1.29 is 0 Å². The van der Waals surface area contributed by atoms with E-state index in [-0.39, 0.29) is 0 Å². The second kappa shape index (κ2) is 35.9. The summed E-state index contributed by atoms with van der Waals surface area (Å²) in [6, 6.07) is 6.53. The molecule has 0 N–H and O–H groups in total. The lowest BCUT2D eigenvalue weighted by molar-refractivity contribution is 0.548. The van der Waals surface area contributed by atoms with Gasteiger partial charge in [0.05, 0.1) is 0 Å². The van der Waals surface area contributed by atoms with Gasteiger partial charge < -0.3 is 0 Å². The summed E-state index contributed by atoms with van der Waals surface area (Å²) in [5.74, 6) is 0.582. The van der Waals surface area contributed by atoms with E-state index < -0.39 is 0 Å². The predicted molar refractivity (Wildman–Crippen MR) is 175 cm³/mol. The Hall–Kier alpha value is -1.30. The molecule has 0 bridgehead atoms. The molecule has 1 aromatic rings. The highest BCUT2D eigenvalue weighted by atomic mass is 14.1. The largest absolute Gasteiger partial charge is 0.0985 e. The Morgan fingerprint density at radius 3 is 1.39 bits per heavy atom. The summed E-state index contributed by atoms with van der Waals surface area (Å²) in [5, 5.41) is 0. The Kier molecular flexibility index (Phi) is 41.7. The van der Waals surface area contributed by atoms with Crippen LogP contribution in [0, 0.1) is 6.92 Å². The fraction of sp³-hybridized carbons (Fsp3) is 0.722. The molecule has 0 heteroatoms. The second-order valence-corrected chi connectivity index (χ2v) is 9.52. The first-order valence-electron chi connectivity index (χ1n) is 15.7. The third-order valence-corrected chi connectivity index (χ3v) is 6.09. The van der Waals surface area contributed by atoms with Gasteiger partial charge in [0.15, 0.2) is 0 Å². The lowest BCUT2D eigenvalue weighted by Crippen LogP contribution is -1.91. The van der Waals surface area contributed by atoms with Crippen LogP contribution in [0.15, 0.2) is 36.4 Å². The first-order valence-corrected chi connectivity index (χ1v) is 15.7. The van der Waals surface area contributed by atoms with E-state index in [0.717, 1.165) is 0 Å². The van der Waals surface area contributed by atoms with Crippen LogP contribution >= 0.6 is 0 Å². The number of rotatable bonds is 14. The van der Waals surface area contributed by atoms with Crippen molar-refractivity contribution in [1.29, 1.82) is 0 Å². The number of hydrogen-bond acceptors (Lipinski definition) is 0. The standard InChI is InChI=1S/C14H30.C12H16.C6H12.2C2H6/c1-3-5-7-9-11-13-14-12-10-8-6-4-2;1-5-11-8-10(4)6-7-12(11)9(2)3;1-4-6(3)5-2;2*1-2/h3-14H2,1-2H3;5-9H,1H2,2-4H3;4H,5H2,1-3H3;2*1-2H3/b;;6-4+;;. The average molecular weight is 503 g/mol. The van der Waals surface area contributed by atoms with E-state index in [4.69, 9.17) is 0 Å². The molecule has 0 amide bonds. The van der Waals surface area contributed by atoms with Gasteiger partial charge in [-0.2, -0.15) is 0 Å². The topological polar surface area (TPSA) is 0 Å². The first kappa shape index (κ1) is 41.8. The zero-order chi connectivity index (χ0) is 28.6. The molecule has 0 saturated heterocycles. The van der Waals surface area contributed by atoms with Crippen LogP contribution in [0.4, 0.5) is 0 Å². The molecule has 0 radical (unpaired) electrons. The zero-order valence-corrected chi connectivity index (χ0v) is 27.4. The summed E-state index contributed by atoms with van der Waals surface area (Å²) >= 11 is 0. The Bertz CT molecular complexity index is 549. The third-order valence-electron chi connectivity index (χ3n) is 6.09. The smallest absolute Gasteiger partial charge is 0.0213 e. The van der Waals surface area contributed by atoms with Crippen LogP contribution < -0.4 is 0 Å². The van der Waals surface area contributed by atoms with E-state index >= 15 is 0 Å². The van der Waals surface area contributed by atoms with Gasteiger partial charge in [-0.1, -0.05) is 187 Å². The molecular weight excluding hydrogens is 432 g/mol. The Balaban J connectivity index is -0.000000211. The van der Waals surface area contributed by atoms with Gasteiger partial charge in [-0.3, -0.25) is 0 Å². The van der Waals surface area contributed by atoms with Gasteiger partial charge in [0, 0.05) is 0 Å². The molecule has 0 aliphatic heterocycles. The van der Waals surface area contributed by atoms with E-state index in [0.29, 0.717) is 5.92 Å². The lowest BCUT2D eigenvalue weighted by Gasteiger charge is -2.09. The minimum absolute atomic E-state index is 0.582. The summed E-state index contributed by atoms with van der Waals surface area (Å²) in [7, 11) is 0. The monoisotopic (exact) mass is 503 g/mol. The fourth-order valence-electron chi connectivity index (χ4n) is 3.52. The number of aryl methyl sites for hydroxylation is 1. The summed E-state index contributed by atoms with van der Waals surface area (Å²) in [6.45, 7) is 29.3. The summed E-state index contributed by atoms with van der Waals surface area (Å²) in [6.07, 6.45) is 22.7. The quantitative estimate of drug-likeness (QED) is 0.175. The molecule has 0 aliphatic carbocycles. The lowest BCUT2D eigenvalue weighted by atomic mass is 9.96. The minimum Gasteiger partial charge on any atom is -0.0985 e. The molecule has 0 aliphatic rings. The molecule has 0 aromatic heterocycles. The Labute approximate surface area is 231 Å². The van der Waals surface area contributed by atoms with Crippen molar-refractivity contribution in [3.05, 3.63) is 53.1 Å². The van der Waals surface area contributed by atoms with Crippen LogP contribution in [0.2, 0.25) is 0 Å². The molecule has 0 unspecified atom stereocenters. The molecule has 0 atom stereocenters. The molecule has 0 saturated carbocycles. The van der Waals surface area contributed by atoms with Crippen LogP contribution in [0.1, 0.15) is 182 Å². The summed E-state index contributed by atoms with van der Waals surface area (Å²) in [5.41, 5.74) is 5.42. The molecule has 36 heavy (non-hydrogen) atoms. The van der Waals surface area contributed by atoms with Gasteiger partial charge in [0.1, 0.15) is 0 Å². The summed E-state index contributed by atoms with van der Waals surface area (Å²) in [4.78, 5) is 0. The van der Waals surface area contributed by atoms with Crippen molar-refractivity contribution in [2.45, 2.75) is 172 Å². The van der Waals surface area contributed by atoms with Crippen molar-refractivity contribution in [3.63, 3.8) is 0 Å². The number of hydrogen-bond donors (Lipinski definition) is 0. The Morgan fingerprint density at radius 2 is 1.14 bits per heavy atom. The highest BCUT2D eigenvalue weighted by molar-refractivity contribution is 5.54. The molecule has 214 valence electrons. The van der Waals surface area contributed by atoms with Crippen LogP contribution in [-0.4, -0.2) is 0 Å². The van der Waals surface area contributed by atoms with Crippen molar-refractivity contribution in [1.82, 2.24) is 0 Å². The normalized spacial score (nSPS) is 9.97. The van der Waals surface area contributed by atoms with E-state index in [1.165, 1.54) is 106 Å². The van der Waals surface area contributed by atoms with Gasteiger partial charge >= 0.3 is 0 Å². The maximum Gasteiger partial charge on any atom is -0.0213 e. The van der Waals surface area contributed by atoms with Crippen molar-refractivity contribution >= 4 is 6.08 Å². The third kappa shape index (κ3) is 30.7. The number of unbranched alkanes of at least 4 members (excludes halogenated alkanes) is 11. The van der Waals surface area contributed by atoms with Crippen LogP contribution in [-0.2, 0) is 0 Å². The van der Waals surface area contributed by atoms with Crippen LogP contribution in [0.3, 0.4) is 0 Å². The minimum atomic E-state index is 0.582. The van der Waals surface area contributed by atoms with Gasteiger partial charge in [-0.05, 0) is 44.2 Å². The first-order chi connectivity index (χ1) is 17.4. The van der Waals surface area contributed by atoms with E-state index in [9.17, 15) is 0 Å². The Morgan fingerprint density at radius 1 is 0.750 bits per heavy atom. The van der Waals surface area contributed by atoms with E-state index in [2.05, 4.69) is 86.2 Å². The fourth-order valence-corrected chi connectivity index (χ4v) is 3.52. The van der Waals surface area contributed by atoms with Gasteiger partial charge in [-0.15, -0.1) is 0 Å². The molecular formula is C36H70. The zero-order valence-electron chi connectivity index (χ0n) is 27.4. The number of allylic oxidation sites excluding steroid dienone is 2. The average Bonchev–Trinajstić information content (AvgIpc) is 2.92. The second-order valence-electron chi connectivity index (χ2n) is 9.52. The van der Waals surface area contributed by atoms with Crippen molar-refractivity contribution in [2.75, 3.05) is 0 Å². The molecule has 0 heterocycles. The maximum absolute atomic E-state index is 3.82. The number of benzene rings is 1. The highest BCUT2D eigenvalue weighted by Gasteiger charge is 2.02. The van der Waals surface area contributed by atoms with E-state index in [1.54, 1.807) is 0 Å². The van der Waals surface area contributed by atoms with Crippen LogP contribution in [0.5, 0.6) is 0 Å². The molecule has 0 fully saturated rings. The molecule has 1 aromatic carbocycles. The molecule has 0 nitrogen and oxygen atoms in total. The van der Waals surface area contributed by atoms with Crippen molar-refractivity contribution in [3.8, 4) is 0 Å². The van der Waals surface area contributed by atoms with Gasteiger partial charge in [0.2, 0.25) is 0 Å². The van der Waals surface area contributed by atoms with Crippen LogP contribution in [0.25, 0.3) is 6.08 Å². The summed E-state index contributed by atoms with van der Waals surface area (Å²) < 4.78 is 0. The van der Waals surface area contributed by atoms with Crippen molar-refractivity contribution in [2.24, 2.45) is 0 Å². The van der Waals surface area contributed by atoms with E-state index in [1.807, 2.05) is 33.8 Å². The maximum atomic E-state index is 3.82.